The van der Waals surface area contributed by atoms with E-state index in [0.717, 1.165) is 5.56 Å². The molecule has 4 rings (SSSR count). The van der Waals surface area contributed by atoms with Crippen LogP contribution < -0.4 is 4.74 Å². The van der Waals surface area contributed by atoms with E-state index in [0.29, 0.717) is 27.5 Å². The van der Waals surface area contributed by atoms with Gasteiger partial charge in [0.05, 0.1) is 13.2 Å². The number of rotatable bonds is 10. The molecule has 44 heavy (non-hydrogen) atoms. The first-order chi connectivity index (χ1) is 20.9. The molecule has 0 aliphatic heterocycles. The van der Waals surface area contributed by atoms with E-state index in [1.165, 1.54) is 19.3 Å². The average Bonchev–Trinajstić information content (AvgIpc) is 3.00. The van der Waals surface area contributed by atoms with Gasteiger partial charge in [-0.1, -0.05) is 48.0 Å². The molecular weight excluding hydrogens is 580 g/mol. The molecule has 0 amide bonds. The number of methoxy groups -OCH3 is 1. The third kappa shape index (κ3) is 8.88. The monoisotopic (exact) mass is 614 g/mol. The van der Waals surface area contributed by atoms with Gasteiger partial charge in [0, 0.05) is 33.7 Å². The molecule has 1 aliphatic carbocycles. The molecule has 0 aromatic heterocycles. The molecule has 0 radical (unpaired) electrons. The molecule has 228 valence electrons. The lowest BCUT2D eigenvalue weighted by Gasteiger charge is -2.25. The van der Waals surface area contributed by atoms with E-state index < -0.39 is 11.6 Å². The minimum atomic E-state index is -1.12. The van der Waals surface area contributed by atoms with Crippen LogP contribution in [0.3, 0.4) is 0 Å². The van der Waals surface area contributed by atoms with Crippen molar-refractivity contribution in [3.05, 3.63) is 137 Å². The second-order valence-corrected chi connectivity index (χ2v) is 11.0. The fourth-order valence-corrected chi connectivity index (χ4v) is 4.32. The first-order valence-corrected chi connectivity index (χ1v) is 14.3. The van der Waals surface area contributed by atoms with Crippen molar-refractivity contribution in [1.29, 1.82) is 0 Å². The van der Waals surface area contributed by atoms with Crippen LogP contribution in [-0.2, 0) is 23.9 Å². The van der Waals surface area contributed by atoms with Crippen LogP contribution in [0.15, 0.2) is 115 Å². The summed E-state index contributed by atoms with van der Waals surface area (Å²) in [6, 6.07) is 22.8. The molecule has 1 atom stereocenters. The summed E-state index contributed by atoms with van der Waals surface area (Å²) in [6.45, 7) is 10.6. The molecule has 0 bridgehead atoms. The molecule has 0 heterocycles. The van der Waals surface area contributed by atoms with E-state index in [9.17, 15) is 19.2 Å². The lowest BCUT2D eigenvalue weighted by atomic mass is 9.85. The summed E-state index contributed by atoms with van der Waals surface area (Å²) >= 11 is 5.84. The Kier molecular flexibility index (Phi) is 11.6. The zero-order chi connectivity index (χ0) is 32.4. The van der Waals surface area contributed by atoms with Crippen molar-refractivity contribution < 1.29 is 33.4 Å². The first-order valence-electron chi connectivity index (χ1n) is 13.9. The summed E-state index contributed by atoms with van der Waals surface area (Å²) in [5, 5.41) is 0.579. The van der Waals surface area contributed by atoms with Crippen LogP contribution in [0.2, 0.25) is 5.02 Å². The van der Waals surface area contributed by atoms with Crippen molar-refractivity contribution in [1.82, 2.24) is 0 Å². The van der Waals surface area contributed by atoms with E-state index >= 15 is 0 Å². The standard InChI is InChI=1S/C20H21ClO4.C16H14O3/c1-13(2)24-19(23)20(3,4)25-17-11-7-15(8-12-17)18(22)14-5-9-16(21)10-6-14;1-3-12(11-7-5-4-6-8-11)13-9-15(18)16(19-2)10-14(13)17/h5-13H,1-4H3;3-10,12H,1H2,2H3. The van der Waals surface area contributed by atoms with E-state index in [-0.39, 0.29) is 35.1 Å². The van der Waals surface area contributed by atoms with Crippen LogP contribution in [0.5, 0.6) is 5.75 Å². The van der Waals surface area contributed by atoms with Gasteiger partial charge in [-0.2, -0.15) is 0 Å². The van der Waals surface area contributed by atoms with Gasteiger partial charge in [-0.05, 0) is 87.9 Å². The SMILES string of the molecule is C=CC(C1=CC(=O)C(OC)=CC1=O)c1ccccc1.CC(C)OC(=O)C(C)(C)Oc1ccc(C(=O)c2ccc(Cl)cc2)cc1. The Bertz CT molecular complexity index is 1560. The number of hydrogen-bond donors (Lipinski definition) is 0. The molecule has 0 spiro atoms. The van der Waals surface area contributed by atoms with Gasteiger partial charge >= 0.3 is 5.97 Å². The minimum Gasteiger partial charge on any atom is -0.493 e. The quantitative estimate of drug-likeness (QED) is 0.103. The van der Waals surface area contributed by atoms with Crippen molar-refractivity contribution >= 4 is 34.9 Å². The highest BCUT2D eigenvalue weighted by Crippen LogP contribution is 2.29. The Balaban J connectivity index is 0.000000249. The van der Waals surface area contributed by atoms with Crippen LogP contribution >= 0.6 is 11.6 Å². The number of allylic oxidation sites excluding steroid dienone is 4. The predicted octanol–water partition coefficient (Wildman–Crippen LogP) is 7.24. The molecule has 0 fully saturated rings. The van der Waals surface area contributed by atoms with Crippen molar-refractivity contribution in [2.75, 3.05) is 7.11 Å². The lowest BCUT2D eigenvalue weighted by Crippen LogP contribution is -2.40. The fourth-order valence-electron chi connectivity index (χ4n) is 4.20. The van der Waals surface area contributed by atoms with Crippen molar-refractivity contribution in [2.45, 2.75) is 45.3 Å². The summed E-state index contributed by atoms with van der Waals surface area (Å²) in [4.78, 5) is 48.3. The number of carbonyl (C=O) groups is 4. The van der Waals surface area contributed by atoms with Crippen LogP contribution in [0.1, 0.15) is 55.1 Å². The molecule has 1 unspecified atom stereocenters. The second kappa shape index (κ2) is 15.1. The number of halogens is 1. The van der Waals surface area contributed by atoms with Gasteiger partial charge in [0.15, 0.2) is 22.9 Å². The third-order valence-electron chi connectivity index (χ3n) is 6.46. The van der Waals surface area contributed by atoms with Gasteiger partial charge in [0.1, 0.15) is 5.75 Å². The Morgan fingerprint density at radius 3 is 1.93 bits per heavy atom. The van der Waals surface area contributed by atoms with Crippen LogP contribution in [0.4, 0.5) is 0 Å². The molecule has 0 N–H and O–H groups in total. The summed E-state index contributed by atoms with van der Waals surface area (Å²) in [6.07, 6.45) is 4.02. The first kappa shape index (κ1) is 33.7. The molecule has 7 nitrogen and oxygen atoms in total. The summed E-state index contributed by atoms with van der Waals surface area (Å²) in [7, 11) is 1.37. The van der Waals surface area contributed by atoms with Crippen LogP contribution in [0, 0.1) is 0 Å². The summed E-state index contributed by atoms with van der Waals surface area (Å²) in [5.74, 6) is -0.786. The molecule has 1 aliphatic rings. The normalized spacial score (nSPS) is 13.5. The van der Waals surface area contributed by atoms with Crippen LogP contribution in [-0.4, -0.2) is 42.1 Å². The minimum absolute atomic E-state index is 0.0737. The summed E-state index contributed by atoms with van der Waals surface area (Å²) in [5.41, 5.74) is 1.31. The topological polar surface area (TPSA) is 96.0 Å². The number of ether oxygens (including phenoxy) is 3. The maximum atomic E-state index is 12.4. The molecule has 0 saturated carbocycles. The number of ketones is 3. The van der Waals surface area contributed by atoms with Gasteiger partial charge in [-0.15, -0.1) is 6.58 Å². The van der Waals surface area contributed by atoms with Gasteiger partial charge < -0.3 is 14.2 Å². The predicted molar refractivity (Wildman–Crippen MR) is 170 cm³/mol. The Labute approximate surface area is 262 Å². The fraction of sp³-hybridized carbons (Fsp3) is 0.222. The number of hydrogen-bond acceptors (Lipinski definition) is 7. The van der Waals surface area contributed by atoms with Crippen molar-refractivity contribution in [3.63, 3.8) is 0 Å². The molecular formula is C36H35ClO7. The average molecular weight is 615 g/mol. The third-order valence-corrected chi connectivity index (χ3v) is 6.71. The number of esters is 1. The maximum Gasteiger partial charge on any atom is 0.350 e. The molecule has 3 aromatic carbocycles. The zero-order valence-electron chi connectivity index (χ0n) is 25.3. The molecule has 0 saturated heterocycles. The smallest absolute Gasteiger partial charge is 0.350 e. The number of benzene rings is 3. The zero-order valence-corrected chi connectivity index (χ0v) is 26.1. The maximum absolute atomic E-state index is 12.4. The van der Waals surface area contributed by atoms with E-state index in [1.54, 1.807) is 82.3 Å². The largest absolute Gasteiger partial charge is 0.493 e. The van der Waals surface area contributed by atoms with Gasteiger partial charge in [-0.25, -0.2) is 4.79 Å². The second-order valence-electron chi connectivity index (χ2n) is 10.6. The Morgan fingerprint density at radius 2 is 1.41 bits per heavy atom. The Morgan fingerprint density at radius 1 is 0.841 bits per heavy atom. The highest BCUT2D eigenvalue weighted by molar-refractivity contribution is 6.30. The van der Waals surface area contributed by atoms with Crippen molar-refractivity contribution in [3.8, 4) is 5.75 Å². The molecule has 8 heteroatoms. The molecule has 3 aromatic rings. The summed E-state index contributed by atoms with van der Waals surface area (Å²) < 4.78 is 15.8. The van der Waals surface area contributed by atoms with Crippen molar-refractivity contribution in [2.24, 2.45) is 0 Å². The van der Waals surface area contributed by atoms with Gasteiger partial charge in [0.25, 0.3) is 0 Å². The van der Waals surface area contributed by atoms with E-state index in [2.05, 4.69) is 6.58 Å². The van der Waals surface area contributed by atoms with Gasteiger partial charge in [-0.3, -0.25) is 14.4 Å². The number of carbonyl (C=O) groups excluding carboxylic acids is 4. The lowest BCUT2D eigenvalue weighted by molar-refractivity contribution is -0.163. The highest BCUT2D eigenvalue weighted by atomic mass is 35.5. The van der Waals surface area contributed by atoms with E-state index in [1.807, 2.05) is 30.3 Å². The van der Waals surface area contributed by atoms with Crippen LogP contribution in [0.25, 0.3) is 0 Å². The van der Waals surface area contributed by atoms with E-state index in [4.69, 9.17) is 25.8 Å². The highest BCUT2D eigenvalue weighted by Gasteiger charge is 2.32. The van der Waals surface area contributed by atoms with Gasteiger partial charge in [0.2, 0.25) is 5.78 Å². The Hall–Kier alpha value is -4.75.